The number of aliphatic hydroxyl groups excluding tert-OH is 1. The molecule has 0 radical (unpaired) electrons. The maximum absolute atomic E-state index is 11.1. The van der Waals surface area contributed by atoms with Gasteiger partial charge < -0.3 is 10.4 Å². The van der Waals surface area contributed by atoms with E-state index in [1.165, 1.54) is 0 Å². The van der Waals surface area contributed by atoms with Gasteiger partial charge in [-0.25, -0.2) is 0 Å². The zero-order valence-corrected chi connectivity index (χ0v) is 7.21. The lowest BCUT2D eigenvalue weighted by molar-refractivity contribution is -0.120. The summed E-state index contributed by atoms with van der Waals surface area (Å²) in [5.41, 5.74) is 1.88. The van der Waals surface area contributed by atoms with Crippen LogP contribution in [-0.4, -0.2) is 11.0 Å². The zero-order valence-electron chi connectivity index (χ0n) is 7.21. The Balaban J connectivity index is 2.30. The molecule has 1 heterocycles. The molecule has 2 N–H and O–H groups in total. The number of hydrogen-bond donors (Lipinski definition) is 2. The van der Waals surface area contributed by atoms with Crippen molar-refractivity contribution in [3.63, 3.8) is 0 Å². The van der Waals surface area contributed by atoms with Crippen LogP contribution in [0.2, 0.25) is 0 Å². The highest BCUT2D eigenvalue weighted by atomic mass is 16.3. The van der Waals surface area contributed by atoms with Crippen LogP contribution < -0.4 is 5.32 Å². The molecule has 1 amide bonds. The summed E-state index contributed by atoms with van der Waals surface area (Å²) in [5.74, 6) is 0.349. The van der Waals surface area contributed by atoms with Gasteiger partial charge in [-0.1, -0.05) is 6.08 Å². The molecule has 0 saturated carbocycles. The van der Waals surface area contributed by atoms with Gasteiger partial charge in [0.25, 0.3) is 0 Å². The van der Waals surface area contributed by atoms with Crippen molar-refractivity contribution < 1.29 is 9.90 Å². The quantitative estimate of drug-likeness (QED) is 0.589. The van der Waals surface area contributed by atoms with Crippen molar-refractivity contribution in [2.75, 3.05) is 0 Å². The summed E-state index contributed by atoms with van der Waals surface area (Å²) in [6.07, 6.45) is 7.27. The molecule has 0 atom stereocenters. The van der Waals surface area contributed by atoms with Crippen molar-refractivity contribution in [1.82, 2.24) is 5.32 Å². The molecule has 0 bridgehead atoms. The molecule has 0 unspecified atom stereocenters. The van der Waals surface area contributed by atoms with E-state index in [0.29, 0.717) is 12.8 Å². The molecule has 3 heteroatoms. The number of hydrogen-bond acceptors (Lipinski definition) is 2. The summed E-state index contributed by atoms with van der Waals surface area (Å²) in [5, 5.41) is 12.1. The van der Waals surface area contributed by atoms with Crippen LogP contribution in [0.1, 0.15) is 19.3 Å². The van der Waals surface area contributed by atoms with Crippen LogP contribution in [0.3, 0.4) is 0 Å². The summed E-state index contributed by atoms with van der Waals surface area (Å²) < 4.78 is 0. The fraction of sp³-hybridized carbons (Fsp3) is 0.300. The average molecular weight is 177 g/mol. The smallest absolute Gasteiger partial charge is 0.224 e. The Labute approximate surface area is 76.4 Å². The van der Waals surface area contributed by atoms with Gasteiger partial charge in [0.05, 0.1) is 0 Å². The van der Waals surface area contributed by atoms with Gasteiger partial charge in [-0.15, -0.1) is 0 Å². The molecular weight excluding hydrogens is 166 g/mol. The molecule has 2 rings (SSSR count). The van der Waals surface area contributed by atoms with Crippen molar-refractivity contribution >= 4 is 5.91 Å². The number of aliphatic hydroxyl groups is 1. The zero-order chi connectivity index (χ0) is 9.26. The van der Waals surface area contributed by atoms with E-state index in [-0.39, 0.29) is 11.7 Å². The Hall–Kier alpha value is -1.51. The van der Waals surface area contributed by atoms with Gasteiger partial charge in [-0.2, -0.15) is 0 Å². The minimum Gasteiger partial charge on any atom is -0.508 e. The highest BCUT2D eigenvalue weighted by molar-refractivity contribution is 5.81. The lowest BCUT2D eigenvalue weighted by atomic mass is 10.0. The fourth-order valence-corrected chi connectivity index (χ4v) is 1.54. The number of carbonyl (C=O) groups excluding carboxylic acids is 1. The normalized spacial score (nSPS) is 21.8. The summed E-state index contributed by atoms with van der Waals surface area (Å²) in [7, 11) is 0. The molecule has 1 fully saturated rings. The van der Waals surface area contributed by atoms with Gasteiger partial charge in [0.2, 0.25) is 5.91 Å². The van der Waals surface area contributed by atoms with Crippen LogP contribution in [0.25, 0.3) is 0 Å². The number of piperidine rings is 1. The van der Waals surface area contributed by atoms with Crippen molar-refractivity contribution in [3.8, 4) is 0 Å². The lowest BCUT2D eigenvalue weighted by Gasteiger charge is -2.18. The number of carbonyl (C=O) groups is 1. The summed E-state index contributed by atoms with van der Waals surface area (Å²) in [6, 6.07) is 0. The van der Waals surface area contributed by atoms with Gasteiger partial charge in [0, 0.05) is 12.1 Å². The monoisotopic (exact) mass is 177 g/mol. The third kappa shape index (κ3) is 1.64. The van der Waals surface area contributed by atoms with Gasteiger partial charge in [0.15, 0.2) is 0 Å². The van der Waals surface area contributed by atoms with Crippen LogP contribution in [0.5, 0.6) is 0 Å². The van der Waals surface area contributed by atoms with Crippen LogP contribution >= 0.6 is 0 Å². The first-order valence-corrected chi connectivity index (χ1v) is 4.36. The largest absolute Gasteiger partial charge is 0.508 e. The first kappa shape index (κ1) is 8.10. The third-order valence-corrected chi connectivity index (χ3v) is 2.21. The van der Waals surface area contributed by atoms with E-state index >= 15 is 0 Å². The van der Waals surface area contributed by atoms with Gasteiger partial charge in [-0.3, -0.25) is 4.79 Å². The van der Waals surface area contributed by atoms with Crippen LogP contribution in [0.4, 0.5) is 0 Å². The topological polar surface area (TPSA) is 49.3 Å². The Bertz CT molecular complexity index is 337. The number of amides is 1. The minimum absolute atomic E-state index is 0.0600. The molecule has 1 saturated heterocycles. The molecule has 2 aliphatic rings. The SMILES string of the molecule is O=C1CCC2=CC(O)=CCC=C2N1. The summed E-state index contributed by atoms with van der Waals surface area (Å²) >= 11 is 0. The predicted molar refractivity (Wildman–Crippen MR) is 48.9 cm³/mol. The number of allylic oxidation sites excluding steroid dienone is 4. The minimum atomic E-state index is 0.0600. The van der Waals surface area contributed by atoms with Crippen LogP contribution in [-0.2, 0) is 4.79 Å². The Morgan fingerprint density at radius 3 is 3.00 bits per heavy atom. The standard InChI is InChI=1S/C10H11NO2/c12-8-2-1-3-9-7(6-8)4-5-10(13)11-9/h2-3,6,12H,1,4-5H2,(H,11,13). The van der Waals surface area contributed by atoms with E-state index in [1.807, 2.05) is 6.08 Å². The highest BCUT2D eigenvalue weighted by Crippen LogP contribution is 2.23. The molecule has 0 spiro atoms. The van der Waals surface area contributed by atoms with Crippen LogP contribution in [0.15, 0.2) is 35.3 Å². The second-order valence-corrected chi connectivity index (χ2v) is 3.20. The second-order valence-electron chi connectivity index (χ2n) is 3.20. The maximum Gasteiger partial charge on any atom is 0.224 e. The Kier molecular flexibility index (Phi) is 1.93. The summed E-state index contributed by atoms with van der Waals surface area (Å²) in [6.45, 7) is 0. The highest BCUT2D eigenvalue weighted by Gasteiger charge is 2.17. The number of rotatable bonds is 0. The molecule has 0 aromatic rings. The number of nitrogens with one attached hydrogen (secondary N) is 1. The molecule has 1 aliphatic heterocycles. The molecule has 13 heavy (non-hydrogen) atoms. The molecule has 0 aromatic carbocycles. The van der Waals surface area contributed by atoms with E-state index in [9.17, 15) is 9.90 Å². The van der Waals surface area contributed by atoms with Crippen LogP contribution in [0, 0.1) is 0 Å². The van der Waals surface area contributed by atoms with Gasteiger partial charge in [0.1, 0.15) is 5.76 Å². The first-order valence-electron chi connectivity index (χ1n) is 4.36. The third-order valence-electron chi connectivity index (χ3n) is 2.21. The van der Waals surface area contributed by atoms with Crippen molar-refractivity contribution in [1.29, 1.82) is 0 Å². The van der Waals surface area contributed by atoms with Gasteiger partial charge >= 0.3 is 0 Å². The van der Waals surface area contributed by atoms with E-state index in [1.54, 1.807) is 12.2 Å². The van der Waals surface area contributed by atoms with Crippen molar-refractivity contribution in [3.05, 3.63) is 35.3 Å². The van der Waals surface area contributed by atoms with E-state index in [2.05, 4.69) is 5.32 Å². The van der Waals surface area contributed by atoms with Crippen molar-refractivity contribution in [2.45, 2.75) is 19.3 Å². The van der Waals surface area contributed by atoms with E-state index in [0.717, 1.165) is 17.7 Å². The Morgan fingerprint density at radius 1 is 1.31 bits per heavy atom. The molecular formula is C10H11NO2. The molecule has 3 nitrogen and oxygen atoms in total. The first-order chi connectivity index (χ1) is 6.25. The van der Waals surface area contributed by atoms with Gasteiger partial charge in [-0.05, 0) is 30.6 Å². The van der Waals surface area contributed by atoms with E-state index < -0.39 is 0 Å². The van der Waals surface area contributed by atoms with E-state index in [4.69, 9.17) is 0 Å². The van der Waals surface area contributed by atoms with Crippen molar-refractivity contribution in [2.24, 2.45) is 0 Å². The fourth-order valence-electron chi connectivity index (χ4n) is 1.54. The maximum atomic E-state index is 11.1. The second kappa shape index (κ2) is 3.09. The molecule has 68 valence electrons. The lowest BCUT2D eigenvalue weighted by Crippen LogP contribution is -2.28. The Morgan fingerprint density at radius 2 is 2.15 bits per heavy atom. The predicted octanol–water partition coefficient (Wildman–Crippen LogP) is 1.55. The summed E-state index contributed by atoms with van der Waals surface area (Å²) in [4.78, 5) is 11.1. The average Bonchev–Trinajstić information content (AvgIpc) is 2.25. The molecule has 1 aliphatic carbocycles. The molecule has 0 aromatic heterocycles. The number of fused-ring (bicyclic) bond motifs is 1.